The van der Waals surface area contributed by atoms with E-state index >= 15 is 0 Å². The summed E-state index contributed by atoms with van der Waals surface area (Å²) in [5, 5.41) is 4.92. The second-order valence-electron chi connectivity index (χ2n) is 4.93. The summed E-state index contributed by atoms with van der Waals surface area (Å²) in [4.78, 5) is 11.8. The molecule has 0 saturated carbocycles. The van der Waals surface area contributed by atoms with Crippen molar-refractivity contribution in [3.8, 4) is 0 Å². The molecule has 2 N–H and O–H groups in total. The first-order chi connectivity index (χ1) is 10.1. The third-order valence-corrected chi connectivity index (χ3v) is 3.23. The number of nitrogens with one attached hydrogen (secondary N) is 2. The van der Waals surface area contributed by atoms with Crippen LogP contribution in [0.3, 0.4) is 0 Å². The number of carbonyl (C=O) groups is 1. The Kier molecular flexibility index (Phi) is 4.37. The summed E-state index contributed by atoms with van der Waals surface area (Å²) in [6.07, 6.45) is -8.68. The Morgan fingerprint density at radius 1 is 1.05 bits per heavy atom. The fraction of sp³-hybridized carbons (Fsp3) is 0.462. The van der Waals surface area contributed by atoms with Crippen LogP contribution in [-0.2, 0) is 17.1 Å². The fourth-order valence-electron chi connectivity index (χ4n) is 2.16. The van der Waals surface area contributed by atoms with E-state index in [2.05, 4.69) is 10.6 Å². The Hall–Kier alpha value is -1.77. The Morgan fingerprint density at radius 3 is 2.00 bits per heavy atom. The van der Waals surface area contributed by atoms with Gasteiger partial charge in [0.1, 0.15) is 0 Å². The first kappa shape index (κ1) is 16.6. The molecule has 0 aromatic heterocycles. The zero-order valence-electron chi connectivity index (χ0n) is 11.1. The van der Waals surface area contributed by atoms with Crippen LogP contribution >= 0.6 is 0 Å². The molecule has 0 aliphatic carbocycles. The number of hydrogen-bond acceptors (Lipinski definition) is 2. The summed E-state index contributed by atoms with van der Waals surface area (Å²) in [6, 6.07) is 0.386. The van der Waals surface area contributed by atoms with Crippen molar-refractivity contribution in [2.45, 2.75) is 31.2 Å². The van der Waals surface area contributed by atoms with Crippen LogP contribution in [0.25, 0.3) is 0 Å². The smallest absolute Gasteiger partial charge is 0.325 e. The Morgan fingerprint density at radius 2 is 1.59 bits per heavy atom. The van der Waals surface area contributed by atoms with Gasteiger partial charge in [0.25, 0.3) is 0 Å². The van der Waals surface area contributed by atoms with Crippen molar-refractivity contribution in [1.29, 1.82) is 0 Å². The molecule has 3 nitrogen and oxygen atoms in total. The van der Waals surface area contributed by atoms with Crippen molar-refractivity contribution in [3.05, 3.63) is 29.3 Å². The zero-order chi connectivity index (χ0) is 16.5. The second-order valence-corrected chi connectivity index (χ2v) is 4.93. The van der Waals surface area contributed by atoms with Crippen LogP contribution in [0.4, 0.5) is 32.0 Å². The highest BCUT2D eigenvalue weighted by Gasteiger charge is 2.37. The average Bonchev–Trinajstić information content (AvgIpc) is 2.90. The van der Waals surface area contributed by atoms with E-state index in [1.807, 2.05) is 0 Å². The summed E-state index contributed by atoms with van der Waals surface area (Å²) in [5.41, 5.74) is -3.45. The van der Waals surface area contributed by atoms with E-state index < -0.39 is 41.1 Å². The highest BCUT2D eigenvalue weighted by atomic mass is 19.4. The molecule has 9 heteroatoms. The van der Waals surface area contributed by atoms with Gasteiger partial charge in [0.05, 0.1) is 17.2 Å². The van der Waals surface area contributed by atoms with E-state index in [4.69, 9.17) is 0 Å². The zero-order valence-corrected chi connectivity index (χ0v) is 11.1. The molecule has 1 atom stereocenters. The minimum absolute atomic E-state index is 0.0173. The van der Waals surface area contributed by atoms with Crippen LogP contribution < -0.4 is 10.6 Å². The molecule has 1 fully saturated rings. The maximum absolute atomic E-state index is 12.7. The van der Waals surface area contributed by atoms with Crippen molar-refractivity contribution in [2.75, 3.05) is 11.9 Å². The van der Waals surface area contributed by atoms with E-state index in [9.17, 15) is 31.1 Å². The lowest BCUT2D eigenvalue weighted by Gasteiger charge is -2.16. The molecule has 0 spiro atoms. The number of hydrogen-bond donors (Lipinski definition) is 2. The van der Waals surface area contributed by atoms with Crippen LogP contribution in [0.2, 0.25) is 0 Å². The maximum Gasteiger partial charge on any atom is 0.416 e. The molecule has 1 aromatic carbocycles. The van der Waals surface area contributed by atoms with Crippen LogP contribution in [0.5, 0.6) is 0 Å². The lowest BCUT2D eigenvalue weighted by atomic mass is 10.1. The van der Waals surface area contributed by atoms with Crippen LogP contribution in [-0.4, -0.2) is 18.5 Å². The van der Waals surface area contributed by atoms with Crippen molar-refractivity contribution < 1.29 is 31.1 Å². The number of rotatable bonds is 2. The monoisotopic (exact) mass is 326 g/mol. The summed E-state index contributed by atoms with van der Waals surface area (Å²) >= 11 is 0. The molecule has 22 heavy (non-hydrogen) atoms. The van der Waals surface area contributed by atoms with E-state index in [-0.39, 0.29) is 6.07 Å². The Bertz CT molecular complexity index is 528. The van der Waals surface area contributed by atoms with E-state index in [0.29, 0.717) is 31.5 Å². The highest BCUT2D eigenvalue weighted by molar-refractivity contribution is 5.95. The van der Waals surface area contributed by atoms with Crippen molar-refractivity contribution in [3.63, 3.8) is 0 Å². The lowest BCUT2D eigenvalue weighted by Crippen LogP contribution is -2.35. The van der Waals surface area contributed by atoms with Gasteiger partial charge in [-0.15, -0.1) is 0 Å². The predicted octanol–water partition coefficient (Wildman–Crippen LogP) is 3.41. The molecule has 1 amide bonds. The van der Waals surface area contributed by atoms with Crippen molar-refractivity contribution in [2.24, 2.45) is 0 Å². The van der Waals surface area contributed by atoms with Gasteiger partial charge in [-0.2, -0.15) is 26.3 Å². The topological polar surface area (TPSA) is 41.1 Å². The number of halogens is 6. The Labute approximate surface area is 121 Å². The standard InChI is InChI=1S/C13H12F6N2O/c14-12(15,16)7-4-8(13(17,18)19)6-9(5-7)21-11(22)10-2-1-3-20-10/h4-6,10,20H,1-3H2,(H,21,22)/t10-/m0/s1. The van der Waals surface area contributed by atoms with Crippen molar-refractivity contribution >= 4 is 11.6 Å². The fourth-order valence-corrected chi connectivity index (χ4v) is 2.16. The van der Waals surface area contributed by atoms with Crippen LogP contribution in [0, 0.1) is 0 Å². The summed E-state index contributed by atoms with van der Waals surface area (Å²) in [7, 11) is 0. The minimum Gasteiger partial charge on any atom is -0.325 e. The molecule has 0 bridgehead atoms. The minimum atomic E-state index is -4.94. The summed E-state index contributed by atoms with van der Waals surface area (Å²) in [6.45, 7) is 0.578. The number of alkyl halides is 6. The quantitative estimate of drug-likeness (QED) is 0.818. The third-order valence-electron chi connectivity index (χ3n) is 3.23. The number of anilines is 1. The van der Waals surface area contributed by atoms with E-state index in [1.54, 1.807) is 0 Å². The molecule has 1 aromatic rings. The largest absolute Gasteiger partial charge is 0.416 e. The van der Waals surface area contributed by atoms with E-state index in [0.717, 1.165) is 0 Å². The van der Waals surface area contributed by atoms with Gasteiger partial charge in [-0.25, -0.2) is 0 Å². The number of benzene rings is 1. The summed E-state index contributed by atoms with van der Waals surface area (Å²) < 4.78 is 76.1. The van der Waals surface area contributed by atoms with Gasteiger partial charge >= 0.3 is 12.4 Å². The molecule has 1 aliphatic rings. The molecule has 0 unspecified atom stereocenters. The predicted molar refractivity (Wildman–Crippen MR) is 66.1 cm³/mol. The number of amides is 1. The van der Waals surface area contributed by atoms with Gasteiger partial charge in [-0.05, 0) is 37.6 Å². The first-order valence-corrected chi connectivity index (χ1v) is 6.41. The molecule has 1 aliphatic heterocycles. The van der Waals surface area contributed by atoms with Crippen molar-refractivity contribution in [1.82, 2.24) is 5.32 Å². The molecule has 0 radical (unpaired) electrons. The Balaban J connectivity index is 2.31. The SMILES string of the molecule is O=C(Nc1cc(C(F)(F)F)cc(C(F)(F)F)c1)[C@@H]1CCCN1. The van der Waals surface area contributed by atoms with Gasteiger partial charge in [0.15, 0.2) is 0 Å². The van der Waals surface area contributed by atoms with Crippen LogP contribution in [0.1, 0.15) is 24.0 Å². The molecule has 1 heterocycles. The average molecular weight is 326 g/mol. The molecular weight excluding hydrogens is 314 g/mol. The lowest BCUT2D eigenvalue weighted by molar-refractivity contribution is -0.143. The van der Waals surface area contributed by atoms with Gasteiger partial charge in [0.2, 0.25) is 5.91 Å². The second kappa shape index (κ2) is 5.79. The molecule has 122 valence electrons. The van der Waals surface area contributed by atoms with Gasteiger partial charge in [0, 0.05) is 5.69 Å². The highest BCUT2D eigenvalue weighted by Crippen LogP contribution is 2.37. The molecular formula is C13H12F6N2O. The molecule has 1 saturated heterocycles. The van der Waals surface area contributed by atoms with E-state index in [1.165, 1.54) is 0 Å². The van der Waals surface area contributed by atoms with Gasteiger partial charge < -0.3 is 10.6 Å². The normalized spacial score (nSPS) is 19.3. The first-order valence-electron chi connectivity index (χ1n) is 6.41. The summed E-state index contributed by atoms with van der Waals surface area (Å²) in [5.74, 6) is -0.648. The third kappa shape index (κ3) is 3.90. The van der Waals surface area contributed by atoms with Crippen LogP contribution in [0.15, 0.2) is 18.2 Å². The van der Waals surface area contributed by atoms with Gasteiger partial charge in [-0.1, -0.05) is 0 Å². The molecule has 2 rings (SSSR count). The maximum atomic E-state index is 12.7. The number of carbonyl (C=O) groups excluding carboxylic acids is 1. The van der Waals surface area contributed by atoms with Gasteiger partial charge in [-0.3, -0.25) is 4.79 Å².